The number of benzene rings is 1. The number of rotatable bonds is 8. The first-order valence-corrected chi connectivity index (χ1v) is 11.4. The molecule has 0 unspecified atom stereocenters. The van der Waals surface area contributed by atoms with Crippen LogP contribution in [-0.4, -0.2) is 34.5 Å². The summed E-state index contributed by atoms with van der Waals surface area (Å²) < 4.78 is 1.29. The van der Waals surface area contributed by atoms with Gasteiger partial charge in [-0.25, -0.2) is 4.79 Å². The number of para-hydroxylation sites is 1. The average Bonchev–Trinajstić information content (AvgIpc) is 3.18. The first-order valence-electron chi connectivity index (χ1n) is 11.4. The zero-order chi connectivity index (χ0) is 24.3. The number of H-pyrrole nitrogens is 1. The molecule has 3 N–H and O–H groups in total. The highest BCUT2D eigenvalue weighted by molar-refractivity contribution is 6.01. The quantitative estimate of drug-likeness (QED) is 0.632. The molecule has 1 aromatic heterocycles. The lowest BCUT2D eigenvalue weighted by Crippen LogP contribution is -2.43. The first-order chi connectivity index (χ1) is 15.6. The minimum Gasteiger partial charge on any atom is -0.383 e. The Morgan fingerprint density at radius 2 is 1.79 bits per heavy atom. The maximum atomic E-state index is 13.2. The van der Waals surface area contributed by atoms with Gasteiger partial charge < -0.3 is 15.5 Å². The molecule has 9 nitrogen and oxygen atoms in total. The number of aromatic nitrogens is 2. The van der Waals surface area contributed by atoms with Gasteiger partial charge in [0.2, 0.25) is 11.8 Å². The highest BCUT2D eigenvalue weighted by Gasteiger charge is 2.28. The summed E-state index contributed by atoms with van der Waals surface area (Å²) >= 11 is 0. The summed E-state index contributed by atoms with van der Waals surface area (Å²) in [5.74, 6) is -0.398. The van der Waals surface area contributed by atoms with Crippen molar-refractivity contribution in [3.8, 4) is 0 Å². The summed E-state index contributed by atoms with van der Waals surface area (Å²) in [6, 6.07) is 7.74. The molecule has 0 saturated carbocycles. The number of carbonyl (C=O) groups excluding carboxylic acids is 2. The maximum absolute atomic E-state index is 13.2. The Hall–Kier alpha value is -3.36. The van der Waals surface area contributed by atoms with Crippen LogP contribution < -0.4 is 26.8 Å². The van der Waals surface area contributed by atoms with Crippen molar-refractivity contribution < 1.29 is 9.59 Å². The van der Waals surface area contributed by atoms with E-state index in [0.29, 0.717) is 13.1 Å². The molecule has 2 amide bonds. The van der Waals surface area contributed by atoms with Crippen LogP contribution in [0.5, 0.6) is 0 Å². The number of nitrogens with zero attached hydrogens (tertiary/aromatic N) is 3. The number of hydrogen-bond acceptors (Lipinski definition) is 5. The van der Waals surface area contributed by atoms with Crippen molar-refractivity contribution in [2.24, 2.45) is 11.8 Å². The maximum Gasteiger partial charge on any atom is 0.330 e. The van der Waals surface area contributed by atoms with E-state index in [1.807, 2.05) is 52.0 Å². The molecule has 0 atom stereocenters. The minimum absolute atomic E-state index is 0.0191. The van der Waals surface area contributed by atoms with Crippen molar-refractivity contribution in [2.75, 3.05) is 28.6 Å². The third kappa shape index (κ3) is 5.35. The Labute approximate surface area is 193 Å². The van der Waals surface area contributed by atoms with Gasteiger partial charge in [0.25, 0.3) is 5.56 Å². The van der Waals surface area contributed by atoms with Gasteiger partial charge in [0.15, 0.2) is 5.69 Å². The summed E-state index contributed by atoms with van der Waals surface area (Å²) in [4.78, 5) is 56.4. The largest absolute Gasteiger partial charge is 0.383 e. The normalized spacial score (nSPS) is 13.0. The fraction of sp³-hybridized carbons (Fsp3) is 0.500. The molecule has 0 aliphatic carbocycles. The zero-order valence-corrected chi connectivity index (χ0v) is 19.8. The van der Waals surface area contributed by atoms with Gasteiger partial charge in [-0.15, -0.1) is 0 Å². The van der Waals surface area contributed by atoms with Gasteiger partial charge in [0.05, 0.1) is 0 Å². The SMILES string of the molecule is CC(C)CN(C(=O)CCC(=O)N1CCc2ccccc21)c1c(N)n(CC(C)C)c(=O)[nH]c1=O. The molecule has 33 heavy (non-hydrogen) atoms. The molecule has 0 saturated heterocycles. The van der Waals surface area contributed by atoms with E-state index in [9.17, 15) is 19.2 Å². The zero-order valence-electron chi connectivity index (χ0n) is 19.8. The molecule has 0 radical (unpaired) electrons. The molecule has 3 rings (SSSR count). The molecular weight excluding hydrogens is 422 g/mol. The molecule has 2 aromatic rings. The van der Waals surface area contributed by atoms with Crippen molar-refractivity contribution in [2.45, 2.75) is 53.5 Å². The standard InChI is InChI=1S/C24H33N5O4/c1-15(2)13-28(21-22(25)29(14-16(3)4)24(33)26-23(21)32)20(31)10-9-19(30)27-12-11-17-7-5-6-8-18(17)27/h5-8,15-16H,9-14,25H2,1-4H3,(H,26,32,33). The van der Waals surface area contributed by atoms with Crippen molar-refractivity contribution >= 4 is 29.0 Å². The highest BCUT2D eigenvalue weighted by atomic mass is 16.2. The van der Waals surface area contributed by atoms with E-state index in [0.717, 1.165) is 17.7 Å². The Morgan fingerprint density at radius 1 is 1.09 bits per heavy atom. The molecule has 1 aliphatic heterocycles. The van der Waals surface area contributed by atoms with Crippen LogP contribution in [0.15, 0.2) is 33.9 Å². The Morgan fingerprint density at radius 3 is 2.45 bits per heavy atom. The molecule has 9 heteroatoms. The third-order valence-electron chi connectivity index (χ3n) is 5.62. The van der Waals surface area contributed by atoms with Crippen LogP contribution in [0.1, 0.15) is 46.1 Å². The van der Waals surface area contributed by atoms with E-state index in [-0.39, 0.29) is 54.5 Å². The van der Waals surface area contributed by atoms with Gasteiger partial charge in [0.1, 0.15) is 5.82 Å². The molecule has 0 spiro atoms. The smallest absolute Gasteiger partial charge is 0.330 e. The lowest BCUT2D eigenvalue weighted by atomic mass is 10.1. The van der Waals surface area contributed by atoms with Crippen LogP contribution >= 0.6 is 0 Å². The van der Waals surface area contributed by atoms with E-state index >= 15 is 0 Å². The van der Waals surface area contributed by atoms with Crippen molar-refractivity contribution in [3.05, 3.63) is 50.7 Å². The van der Waals surface area contributed by atoms with Gasteiger partial charge in [0, 0.05) is 38.2 Å². The number of carbonyl (C=O) groups is 2. The monoisotopic (exact) mass is 455 g/mol. The number of nitrogen functional groups attached to an aromatic ring is 1. The summed E-state index contributed by atoms with van der Waals surface area (Å²) in [6.07, 6.45) is 0.746. The number of anilines is 3. The van der Waals surface area contributed by atoms with Gasteiger partial charge in [-0.1, -0.05) is 45.9 Å². The molecule has 0 fully saturated rings. The fourth-order valence-corrected chi connectivity index (χ4v) is 4.15. The average molecular weight is 456 g/mol. The highest BCUT2D eigenvalue weighted by Crippen LogP contribution is 2.28. The van der Waals surface area contributed by atoms with Crippen molar-refractivity contribution in [1.82, 2.24) is 9.55 Å². The van der Waals surface area contributed by atoms with Crippen LogP contribution in [0.25, 0.3) is 0 Å². The van der Waals surface area contributed by atoms with Crippen molar-refractivity contribution in [3.63, 3.8) is 0 Å². The lowest BCUT2D eigenvalue weighted by Gasteiger charge is -2.26. The molecule has 1 aliphatic rings. The second kappa shape index (κ2) is 10.1. The molecule has 1 aromatic carbocycles. The van der Waals surface area contributed by atoms with Gasteiger partial charge in [-0.05, 0) is 29.9 Å². The Balaban J connectivity index is 1.84. The molecule has 2 heterocycles. The summed E-state index contributed by atoms with van der Waals surface area (Å²) in [7, 11) is 0. The number of nitrogens with two attached hydrogens (primary N) is 1. The fourth-order valence-electron chi connectivity index (χ4n) is 4.15. The van der Waals surface area contributed by atoms with Crippen molar-refractivity contribution in [1.29, 1.82) is 0 Å². The number of fused-ring (bicyclic) bond motifs is 1. The number of aromatic amines is 1. The predicted molar refractivity (Wildman–Crippen MR) is 129 cm³/mol. The third-order valence-corrected chi connectivity index (χ3v) is 5.62. The summed E-state index contributed by atoms with van der Waals surface area (Å²) in [6.45, 7) is 8.83. The minimum atomic E-state index is -0.702. The molecule has 178 valence electrons. The van der Waals surface area contributed by atoms with E-state index in [2.05, 4.69) is 4.98 Å². The van der Waals surface area contributed by atoms with Gasteiger partial charge in [-0.2, -0.15) is 0 Å². The van der Waals surface area contributed by atoms with Crippen LogP contribution in [0.2, 0.25) is 0 Å². The second-order valence-electron chi connectivity index (χ2n) is 9.32. The first kappa shape index (κ1) is 24.3. The van der Waals surface area contributed by atoms with Gasteiger partial charge in [-0.3, -0.25) is 23.9 Å². The molecule has 0 bridgehead atoms. The van der Waals surface area contributed by atoms with E-state index in [4.69, 9.17) is 5.73 Å². The van der Waals surface area contributed by atoms with Crippen LogP contribution in [0.4, 0.5) is 17.2 Å². The van der Waals surface area contributed by atoms with Crippen LogP contribution in [-0.2, 0) is 22.6 Å². The topological polar surface area (TPSA) is 121 Å². The van der Waals surface area contributed by atoms with E-state index in [1.165, 1.54) is 9.47 Å². The Bertz CT molecular complexity index is 1150. The number of amides is 2. The van der Waals surface area contributed by atoms with E-state index in [1.54, 1.807) is 4.90 Å². The Kier molecular flexibility index (Phi) is 7.40. The number of nitrogens with one attached hydrogen (secondary N) is 1. The molecular formula is C24H33N5O4. The predicted octanol–water partition coefficient (Wildman–Crippen LogP) is 2.13. The van der Waals surface area contributed by atoms with Crippen LogP contribution in [0, 0.1) is 11.8 Å². The van der Waals surface area contributed by atoms with E-state index < -0.39 is 11.2 Å². The van der Waals surface area contributed by atoms with Gasteiger partial charge >= 0.3 is 5.69 Å². The summed E-state index contributed by atoms with van der Waals surface area (Å²) in [5.41, 5.74) is 6.89. The second-order valence-corrected chi connectivity index (χ2v) is 9.32. The van der Waals surface area contributed by atoms with Crippen LogP contribution in [0.3, 0.4) is 0 Å². The lowest BCUT2D eigenvalue weighted by molar-refractivity contribution is -0.123. The summed E-state index contributed by atoms with van der Waals surface area (Å²) in [5, 5.41) is 0. The number of hydrogen-bond donors (Lipinski definition) is 2.